The third kappa shape index (κ3) is 11.6. The summed E-state index contributed by atoms with van der Waals surface area (Å²) in [5, 5.41) is 26.7. The highest BCUT2D eigenvalue weighted by atomic mass is 16.7. The topological polar surface area (TPSA) is 146 Å². The number of anilines is 2. The lowest BCUT2D eigenvalue weighted by molar-refractivity contribution is -0.253. The van der Waals surface area contributed by atoms with Crippen molar-refractivity contribution in [3.63, 3.8) is 0 Å². The van der Waals surface area contributed by atoms with Gasteiger partial charge in [-0.15, -0.1) is 0 Å². The lowest BCUT2D eigenvalue weighted by atomic mass is 9.97. The molecule has 0 radical (unpaired) electrons. The highest BCUT2D eigenvalue weighted by molar-refractivity contribution is 5.93. The molecule has 6 rings (SSSR count). The van der Waals surface area contributed by atoms with E-state index in [1.54, 1.807) is 12.1 Å². The standard InChI is InChI=1S/C48H56N4O6/c1-33(47(56)37-13-5-3-6-14-37)52(2)31-40-29-44(36-23-21-34(32-53)22-24-36)58-48(57-40)38-27-25-35(26-28-38)41-16-10-9-15-39(41)30-50-45(54)19-7-4-8-20-46(55)51-43-18-12-11-17-42(43)49/h3,5-6,9-18,21-28,33,40,44,47-48,53,56H,4,7-8,19-20,29-32,49H2,1-2H3,(H,50,54)(H,51,55)/t33-,40-,44+,47-,48+/m0/s1. The van der Waals surface area contributed by atoms with Crippen LogP contribution in [0.15, 0.2) is 127 Å². The van der Waals surface area contributed by atoms with Gasteiger partial charge in [0.2, 0.25) is 11.8 Å². The van der Waals surface area contributed by atoms with Crippen LogP contribution in [0.4, 0.5) is 11.4 Å². The van der Waals surface area contributed by atoms with Crippen LogP contribution in [0.2, 0.25) is 0 Å². The number of nitrogens with two attached hydrogens (primary N) is 1. The molecule has 304 valence electrons. The predicted molar refractivity (Wildman–Crippen MR) is 228 cm³/mol. The number of carbonyl (C=O) groups is 2. The first-order valence-corrected chi connectivity index (χ1v) is 20.2. The summed E-state index contributed by atoms with van der Waals surface area (Å²) in [6, 6.07) is 40.8. The summed E-state index contributed by atoms with van der Waals surface area (Å²) >= 11 is 0. The number of rotatable bonds is 18. The largest absolute Gasteiger partial charge is 0.397 e. The number of ether oxygens (including phenoxy) is 2. The maximum atomic E-state index is 12.8. The number of unbranched alkanes of at least 4 members (excludes halogenated alkanes) is 2. The Kier molecular flexibility index (Phi) is 15.2. The molecule has 1 saturated heterocycles. The minimum atomic E-state index is -0.648. The number of para-hydroxylation sites is 2. The Morgan fingerprint density at radius 3 is 2.17 bits per heavy atom. The molecule has 10 heteroatoms. The van der Waals surface area contributed by atoms with E-state index in [0.29, 0.717) is 56.6 Å². The second kappa shape index (κ2) is 20.9. The van der Waals surface area contributed by atoms with Gasteiger partial charge in [-0.2, -0.15) is 0 Å². The zero-order valence-corrected chi connectivity index (χ0v) is 33.4. The van der Waals surface area contributed by atoms with E-state index in [0.717, 1.165) is 45.4 Å². The van der Waals surface area contributed by atoms with E-state index in [9.17, 15) is 19.8 Å². The van der Waals surface area contributed by atoms with Gasteiger partial charge in [0.25, 0.3) is 0 Å². The number of likely N-dealkylation sites (N-methyl/N-ethyl adjacent to an activating group) is 1. The van der Waals surface area contributed by atoms with E-state index in [-0.39, 0.29) is 36.7 Å². The summed E-state index contributed by atoms with van der Waals surface area (Å²) < 4.78 is 13.3. The number of benzene rings is 5. The van der Waals surface area contributed by atoms with Crippen LogP contribution in [0.25, 0.3) is 11.1 Å². The molecule has 5 aromatic carbocycles. The van der Waals surface area contributed by atoms with Crippen LogP contribution < -0.4 is 16.4 Å². The fourth-order valence-electron chi connectivity index (χ4n) is 7.32. The van der Waals surface area contributed by atoms with Gasteiger partial charge in [-0.25, -0.2) is 0 Å². The lowest BCUT2D eigenvalue weighted by Crippen LogP contribution is -2.43. The molecule has 10 nitrogen and oxygen atoms in total. The molecule has 0 unspecified atom stereocenters. The predicted octanol–water partition coefficient (Wildman–Crippen LogP) is 8.23. The van der Waals surface area contributed by atoms with Gasteiger partial charge in [0.05, 0.1) is 36.3 Å². The molecule has 1 aliphatic rings. The molecule has 5 atom stereocenters. The molecule has 1 aliphatic heterocycles. The summed E-state index contributed by atoms with van der Waals surface area (Å²) in [5.74, 6) is -0.110. The number of hydrogen-bond donors (Lipinski definition) is 5. The molecule has 5 aromatic rings. The van der Waals surface area contributed by atoms with Crippen molar-refractivity contribution >= 4 is 23.2 Å². The number of hydrogen-bond acceptors (Lipinski definition) is 8. The van der Waals surface area contributed by atoms with E-state index in [2.05, 4.69) is 33.7 Å². The number of aliphatic hydroxyl groups excluding tert-OH is 2. The van der Waals surface area contributed by atoms with E-state index < -0.39 is 12.4 Å². The van der Waals surface area contributed by atoms with Crippen molar-refractivity contribution in [2.75, 3.05) is 24.6 Å². The Morgan fingerprint density at radius 2 is 1.45 bits per heavy atom. The number of aliphatic hydroxyl groups is 2. The second-order valence-corrected chi connectivity index (χ2v) is 15.1. The van der Waals surface area contributed by atoms with E-state index in [1.807, 2.05) is 111 Å². The summed E-state index contributed by atoms with van der Waals surface area (Å²) in [6.07, 6.45) is 1.87. The molecule has 1 fully saturated rings. The van der Waals surface area contributed by atoms with Crippen molar-refractivity contribution in [2.45, 2.75) is 89.2 Å². The van der Waals surface area contributed by atoms with Crippen LogP contribution in [0.5, 0.6) is 0 Å². The first-order valence-electron chi connectivity index (χ1n) is 20.2. The minimum absolute atomic E-state index is 0.0238. The minimum Gasteiger partial charge on any atom is -0.397 e. The lowest BCUT2D eigenvalue weighted by Gasteiger charge is -2.39. The zero-order chi connectivity index (χ0) is 40.9. The number of amides is 2. The average molecular weight is 785 g/mol. The van der Waals surface area contributed by atoms with E-state index >= 15 is 0 Å². The normalized spacial score (nSPS) is 17.7. The molecule has 6 N–H and O–H groups in total. The van der Waals surface area contributed by atoms with Crippen LogP contribution in [-0.2, 0) is 32.2 Å². The van der Waals surface area contributed by atoms with Crippen LogP contribution >= 0.6 is 0 Å². The monoisotopic (exact) mass is 784 g/mol. The third-order valence-electron chi connectivity index (χ3n) is 10.9. The van der Waals surface area contributed by atoms with Gasteiger partial charge in [-0.3, -0.25) is 14.5 Å². The number of carbonyl (C=O) groups excluding carboxylic acids is 2. The van der Waals surface area contributed by atoms with Gasteiger partial charge in [0.15, 0.2) is 6.29 Å². The highest BCUT2D eigenvalue weighted by Gasteiger charge is 2.34. The van der Waals surface area contributed by atoms with Crippen molar-refractivity contribution in [2.24, 2.45) is 0 Å². The zero-order valence-electron chi connectivity index (χ0n) is 33.4. The molecule has 0 aromatic heterocycles. The summed E-state index contributed by atoms with van der Waals surface area (Å²) in [5.41, 5.74) is 13.7. The van der Waals surface area contributed by atoms with Crippen molar-refractivity contribution in [3.05, 3.63) is 155 Å². The molecule has 0 spiro atoms. The molecular weight excluding hydrogens is 729 g/mol. The first kappa shape index (κ1) is 42.3. The molecule has 0 aliphatic carbocycles. The first-order chi connectivity index (χ1) is 28.2. The highest BCUT2D eigenvalue weighted by Crippen LogP contribution is 2.39. The van der Waals surface area contributed by atoms with Gasteiger partial charge >= 0.3 is 0 Å². The summed E-state index contributed by atoms with van der Waals surface area (Å²) in [6.45, 7) is 2.99. The van der Waals surface area contributed by atoms with Crippen LogP contribution in [0.1, 0.15) is 91.8 Å². The van der Waals surface area contributed by atoms with Crippen molar-refractivity contribution < 1.29 is 29.3 Å². The Labute approximate surface area is 342 Å². The van der Waals surface area contributed by atoms with Crippen molar-refractivity contribution in [1.29, 1.82) is 0 Å². The Hall–Kier alpha value is -5.36. The van der Waals surface area contributed by atoms with Gasteiger partial charge in [0, 0.05) is 44.0 Å². The van der Waals surface area contributed by atoms with Crippen LogP contribution in [-0.4, -0.2) is 52.7 Å². The van der Waals surface area contributed by atoms with Gasteiger partial charge in [-0.05, 0) is 72.3 Å². The smallest absolute Gasteiger partial charge is 0.224 e. The van der Waals surface area contributed by atoms with Crippen LogP contribution in [0.3, 0.4) is 0 Å². The van der Waals surface area contributed by atoms with Gasteiger partial charge in [0.1, 0.15) is 0 Å². The Bertz CT molecular complexity index is 2060. The maximum Gasteiger partial charge on any atom is 0.224 e. The Morgan fingerprint density at radius 1 is 0.793 bits per heavy atom. The third-order valence-corrected chi connectivity index (χ3v) is 10.9. The number of nitrogen functional groups attached to an aromatic ring is 1. The molecule has 2 amide bonds. The second-order valence-electron chi connectivity index (χ2n) is 15.1. The molecule has 1 heterocycles. The van der Waals surface area contributed by atoms with Gasteiger partial charge in [-0.1, -0.05) is 122 Å². The maximum absolute atomic E-state index is 12.8. The molecular formula is C48H56N4O6. The molecule has 0 saturated carbocycles. The quantitative estimate of drug-likeness (QED) is 0.0442. The fourth-order valence-corrected chi connectivity index (χ4v) is 7.32. The summed E-state index contributed by atoms with van der Waals surface area (Å²) in [7, 11) is 2.01. The van der Waals surface area contributed by atoms with Gasteiger partial charge < -0.3 is 36.1 Å². The number of nitrogens with zero attached hydrogens (tertiary/aromatic N) is 1. The van der Waals surface area contributed by atoms with Crippen molar-refractivity contribution in [1.82, 2.24) is 10.2 Å². The molecule has 0 bridgehead atoms. The van der Waals surface area contributed by atoms with E-state index in [4.69, 9.17) is 15.2 Å². The SMILES string of the molecule is C[C@@H]([C@H](O)c1ccccc1)N(C)C[C@@H]1C[C@H](c2ccc(CO)cc2)O[C@H](c2ccc(-c3ccccc3CNC(=O)CCCCCC(=O)Nc3ccccc3N)cc2)O1. The van der Waals surface area contributed by atoms with Crippen molar-refractivity contribution in [3.8, 4) is 11.1 Å². The van der Waals surface area contributed by atoms with E-state index in [1.165, 1.54) is 0 Å². The van der Waals surface area contributed by atoms with Crippen LogP contribution in [0, 0.1) is 0 Å². The Balaban J connectivity index is 1.05. The average Bonchev–Trinajstić information content (AvgIpc) is 3.26. The molecule has 58 heavy (non-hydrogen) atoms. The summed E-state index contributed by atoms with van der Waals surface area (Å²) in [4.78, 5) is 27.2. The fraction of sp³-hybridized carbons (Fsp3) is 0.333. The number of nitrogens with one attached hydrogen (secondary N) is 2.